The molecule has 1 aliphatic rings. The van der Waals surface area contributed by atoms with Crippen molar-refractivity contribution in [2.45, 2.75) is 6.42 Å². The summed E-state index contributed by atoms with van der Waals surface area (Å²) in [5.41, 5.74) is 5.38. The maximum atomic E-state index is 12.1. The molecule has 0 radical (unpaired) electrons. The number of carbonyl (C=O) groups excluding carboxylic acids is 2. The number of nitrogens with two attached hydrogens (primary N) is 1. The maximum absolute atomic E-state index is 12.1. The van der Waals surface area contributed by atoms with E-state index < -0.39 is 0 Å². The Morgan fingerprint density at radius 1 is 1.00 bits per heavy atom. The lowest BCUT2D eigenvalue weighted by atomic mass is 10.2. The van der Waals surface area contributed by atoms with Crippen LogP contribution in [0.25, 0.3) is 0 Å². The molecular formula is C15H21N3O3. The second-order valence-electron chi connectivity index (χ2n) is 4.90. The average Bonchev–Trinajstić information content (AvgIpc) is 2.54. The normalized spacial score (nSPS) is 14.9. The number of nitrogens with zero attached hydrogens (tertiary/aromatic N) is 2. The Morgan fingerprint density at radius 3 is 2.14 bits per heavy atom. The Balaban J connectivity index is 1.74. The lowest BCUT2D eigenvalue weighted by Gasteiger charge is -2.34. The van der Waals surface area contributed by atoms with Crippen LogP contribution in [0.15, 0.2) is 30.3 Å². The molecule has 1 aliphatic heterocycles. The molecule has 0 atom stereocenters. The molecule has 1 fully saturated rings. The number of hydrogen-bond donors (Lipinski definition) is 1. The van der Waals surface area contributed by atoms with E-state index in [-0.39, 0.29) is 18.4 Å². The minimum atomic E-state index is -0.0511. The molecule has 0 spiro atoms. The van der Waals surface area contributed by atoms with Crippen LogP contribution in [-0.2, 0) is 9.59 Å². The number of piperazine rings is 1. The van der Waals surface area contributed by atoms with Crippen molar-refractivity contribution in [1.82, 2.24) is 9.80 Å². The van der Waals surface area contributed by atoms with E-state index >= 15 is 0 Å². The van der Waals surface area contributed by atoms with Crippen molar-refractivity contribution < 1.29 is 14.3 Å². The van der Waals surface area contributed by atoms with Crippen molar-refractivity contribution in [3.63, 3.8) is 0 Å². The van der Waals surface area contributed by atoms with E-state index in [1.54, 1.807) is 9.80 Å². The lowest BCUT2D eigenvalue weighted by Crippen LogP contribution is -2.51. The van der Waals surface area contributed by atoms with Crippen molar-refractivity contribution in [3.05, 3.63) is 30.3 Å². The first-order valence-electron chi connectivity index (χ1n) is 7.14. The van der Waals surface area contributed by atoms with Crippen LogP contribution in [0.1, 0.15) is 6.42 Å². The first-order chi connectivity index (χ1) is 10.2. The number of hydrogen-bond acceptors (Lipinski definition) is 4. The predicted molar refractivity (Wildman–Crippen MR) is 78.8 cm³/mol. The minimum Gasteiger partial charge on any atom is -0.484 e. The summed E-state index contributed by atoms with van der Waals surface area (Å²) in [6.45, 7) is 2.62. The van der Waals surface area contributed by atoms with Crippen LogP contribution in [-0.4, -0.2) is 60.9 Å². The molecule has 1 heterocycles. The predicted octanol–water partition coefficient (Wildman–Crippen LogP) is 0.0850. The van der Waals surface area contributed by atoms with E-state index in [9.17, 15) is 9.59 Å². The van der Waals surface area contributed by atoms with Crippen molar-refractivity contribution in [2.24, 2.45) is 5.73 Å². The van der Waals surface area contributed by atoms with Gasteiger partial charge in [0.1, 0.15) is 5.75 Å². The van der Waals surface area contributed by atoms with Gasteiger partial charge >= 0.3 is 0 Å². The van der Waals surface area contributed by atoms with Gasteiger partial charge in [-0.05, 0) is 12.1 Å². The summed E-state index contributed by atoms with van der Waals surface area (Å²) >= 11 is 0. The highest BCUT2D eigenvalue weighted by molar-refractivity contribution is 5.79. The van der Waals surface area contributed by atoms with Gasteiger partial charge in [-0.25, -0.2) is 0 Å². The van der Waals surface area contributed by atoms with Crippen LogP contribution in [0.5, 0.6) is 5.75 Å². The fourth-order valence-electron chi connectivity index (χ4n) is 2.24. The molecule has 6 heteroatoms. The molecular weight excluding hydrogens is 270 g/mol. The van der Waals surface area contributed by atoms with Gasteiger partial charge in [-0.2, -0.15) is 0 Å². The number of ether oxygens (including phenoxy) is 1. The van der Waals surface area contributed by atoms with E-state index in [1.807, 2.05) is 30.3 Å². The monoisotopic (exact) mass is 291 g/mol. The van der Waals surface area contributed by atoms with Crippen LogP contribution >= 0.6 is 0 Å². The molecule has 2 rings (SSSR count). The zero-order valence-corrected chi connectivity index (χ0v) is 12.0. The summed E-state index contributed by atoms with van der Waals surface area (Å²) in [6.07, 6.45) is 0.366. The molecule has 21 heavy (non-hydrogen) atoms. The standard InChI is InChI=1S/C15H21N3O3/c16-7-6-14(19)17-8-10-18(11-9-17)15(20)12-21-13-4-2-1-3-5-13/h1-5H,6-12,16H2. The van der Waals surface area contributed by atoms with Gasteiger partial charge in [0, 0.05) is 39.1 Å². The van der Waals surface area contributed by atoms with E-state index in [1.165, 1.54) is 0 Å². The average molecular weight is 291 g/mol. The van der Waals surface area contributed by atoms with Gasteiger partial charge < -0.3 is 20.3 Å². The van der Waals surface area contributed by atoms with Gasteiger partial charge in [-0.3, -0.25) is 9.59 Å². The largest absolute Gasteiger partial charge is 0.484 e. The fourth-order valence-corrected chi connectivity index (χ4v) is 2.24. The summed E-state index contributed by atoms with van der Waals surface area (Å²) < 4.78 is 5.45. The van der Waals surface area contributed by atoms with E-state index in [2.05, 4.69) is 0 Å². The topological polar surface area (TPSA) is 75.9 Å². The second-order valence-corrected chi connectivity index (χ2v) is 4.90. The maximum Gasteiger partial charge on any atom is 0.260 e. The highest BCUT2D eigenvalue weighted by atomic mass is 16.5. The smallest absolute Gasteiger partial charge is 0.260 e. The highest BCUT2D eigenvalue weighted by Gasteiger charge is 2.23. The Labute approximate surface area is 124 Å². The van der Waals surface area contributed by atoms with E-state index in [4.69, 9.17) is 10.5 Å². The third-order valence-electron chi connectivity index (χ3n) is 3.45. The molecule has 2 amide bonds. The summed E-state index contributed by atoms with van der Waals surface area (Å²) in [6, 6.07) is 9.25. The Morgan fingerprint density at radius 2 is 1.57 bits per heavy atom. The molecule has 1 aromatic carbocycles. The molecule has 1 saturated heterocycles. The first kappa shape index (κ1) is 15.3. The van der Waals surface area contributed by atoms with Crippen LogP contribution in [0, 0.1) is 0 Å². The molecule has 0 bridgehead atoms. The third-order valence-corrected chi connectivity index (χ3v) is 3.45. The van der Waals surface area contributed by atoms with Crippen LogP contribution in [0.3, 0.4) is 0 Å². The minimum absolute atomic E-state index is 0.0285. The van der Waals surface area contributed by atoms with Crippen molar-refractivity contribution in [2.75, 3.05) is 39.3 Å². The number of rotatable bonds is 5. The quantitative estimate of drug-likeness (QED) is 0.834. The lowest BCUT2D eigenvalue weighted by molar-refractivity contribution is -0.140. The molecule has 0 aliphatic carbocycles. The van der Waals surface area contributed by atoms with Gasteiger partial charge in [-0.1, -0.05) is 18.2 Å². The zero-order valence-electron chi connectivity index (χ0n) is 12.0. The molecule has 0 aromatic heterocycles. The summed E-state index contributed by atoms with van der Waals surface area (Å²) in [7, 11) is 0. The summed E-state index contributed by atoms with van der Waals surface area (Å²) in [4.78, 5) is 27.2. The Hall–Kier alpha value is -2.08. The van der Waals surface area contributed by atoms with Crippen LogP contribution in [0.2, 0.25) is 0 Å². The number of amides is 2. The van der Waals surface area contributed by atoms with Crippen LogP contribution < -0.4 is 10.5 Å². The SMILES string of the molecule is NCCC(=O)N1CCN(C(=O)COc2ccccc2)CC1. The van der Waals surface area contributed by atoms with Gasteiger partial charge in [0.2, 0.25) is 5.91 Å². The van der Waals surface area contributed by atoms with E-state index in [0.717, 1.165) is 0 Å². The van der Waals surface area contributed by atoms with Crippen LogP contribution in [0.4, 0.5) is 0 Å². The number of carbonyl (C=O) groups is 2. The molecule has 6 nitrogen and oxygen atoms in total. The molecule has 114 valence electrons. The number of benzene rings is 1. The summed E-state index contributed by atoms with van der Waals surface area (Å²) in [5, 5.41) is 0. The zero-order chi connectivity index (χ0) is 15.1. The molecule has 1 aromatic rings. The summed E-state index contributed by atoms with van der Waals surface area (Å²) in [5.74, 6) is 0.692. The first-order valence-corrected chi connectivity index (χ1v) is 7.14. The van der Waals surface area contributed by atoms with Gasteiger partial charge in [0.15, 0.2) is 6.61 Å². The molecule has 0 saturated carbocycles. The van der Waals surface area contributed by atoms with Gasteiger partial charge in [0.25, 0.3) is 5.91 Å². The fraction of sp³-hybridized carbons (Fsp3) is 0.467. The molecule has 0 unspecified atom stereocenters. The molecule has 2 N–H and O–H groups in total. The Kier molecular flexibility index (Phi) is 5.57. The number of para-hydroxylation sites is 1. The van der Waals surface area contributed by atoms with Gasteiger partial charge in [0.05, 0.1) is 0 Å². The highest BCUT2D eigenvalue weighted by Crippen LogP contribution is 2.09. The van der Waals surface area contributed by atoms with Gasteiger partial charge in [-0.15, -0.1) is 0 Å². The van der Waals surface area contributed by atoms with Crippen molar-refractivity contribution >= 4 is 11.8 Å². The Bertz CT molecular complexity index is 470. The third kappa shape index (κ3) is 4.46. The van der Waals surface area contributed by atoms with Crippen molar-refractivity contribution in [3.8, 4) is 5.75 Å². The van der Waals surface area contributed by atoms with E-state index in [0.29, 0.717) is 44.9 Å². The van der Waals surface area contributed by atoms with Crippen molar-refractivity contribution in [1.29, 1.82) is 0 Å². The second kappa shape index (κ2) is 7.64.